The molecule has 3 heterocycles. The van der Waals surface area contributed by atoms with Crippen LogP contribution in [0.15, 0.2) is 59.5 Å². The number of hydrogen-bond donors (Lipinski definition) is 1. The third kappa shape index (κ3) is 2.95. The van der Waals surface area contributed by atoms with Gasteiger partial charge in [0.15, 0.2) is 0 Å². The van der Waals surface area contributed by atoms with E-state index in [0.29, 0.717) is 12.0 Å². The molecule has 1 aliphatic rings. The molecule has 4 nitrogen and oxygen atoms in total. The molecule has 1 N–H and O–H groups in total. The van der Waals surface area contributed by atoms with Gasteiger partial charge in [-0.3, -0.25) is 9.88 Å². The average Bonchev–Trinajstić information content (AvgIpc) is 3.20. The zero-order chi connectivity index (χ0) is 16.4. The van der Waals surface area contributed by atoms with Crippen LogP contribution < -0.4 is 5.32 Å². The molecule has 24 heavy (non-hydrogen) atoms. The molecule has 4 rings (SSSR count). The molecule has 3 aromatic rings. The zero-order valence-electron chi connectivity index (χ0n) is 14.0. The number of nitrogens with one attached hydrogen (secondary N) is 1. The predicted molar refractivity (Wildman–Crippen MR) is 95.6 cm³/mol. The van der Waals surface area contributed by atoms with E-state index in [1.165, 1.54) is 22.9 Å². The number of furan rings is 1. The topological polar surface area (TPSA) is 41.3 Å². The maximum Gasteiger partial charge on any atom is 0.134 e. The molecule has 0 radical (unpaired) electrons. The monoisotopic (exact) mass is 321 g/mol. The highest BCUT2D eigenvalue weighted by Gasteiger charge is 2.32. The van der Waals surface area contributed by atoms with E-state index in [2.05, 4.69) is 40.4 Å². The molecule has 1 saturated heterocycles. The van der Waals surface area contributed by atoms with Crippen molar-refractivity contribution in [2.45, 2.75) is 19.0 Å². The van der Waals surface area contributed by atoms with E-state index in [1.54, 1.807) is 0 Å². The molecule has 0 bridgehead atoms. The molecule has 4 heteroatoms. The highest BCUT2D eigenvalue weighted by Crippen LogP contribution is 2.35. The standard InChI is InChI=1S/C20H23N3O/c1-23-10-8-16(20(23)15-5-4-9-21-11-15)12-22-13-17-14-24-19-7-3-2-6-18(17)19/h2-7,9,11,14,16,20,22H,8,10,12-13H2,1H3/t16-,20-/m0/s1. The molecule has 2 atom stereocenters. The van der Waals surface area contributed by atoms with Crippen molar-refractivity contribution in [3.63, 3.8) is 0 Å². The van der Waals surface area contributed by atoms with Gasteiger partial charge in [-0.1, -0.05) is 24.3 Å². The van der Waals surface area contributed by atoms with Gasteiger partial charge in [0.2, 0.25) is 0 Å². The number of hydrogen-bond acceptors (Lipinski definition) is 4. The Hall–Kier alpha value is -2.17. The van der Waals surface area contributed by atoms with Gasteiger partial charge in [-0.2, -0.15) is 0 Å². The second kappa shape index (κ2) is 6.75. The molecule has 1 aromatic carbocycles. The number of aromatic nitrogens is 1. The molecule has 1 aliphatic heterocycles. The molecule has 0 saturated carbocycles. The lowest BCUT2D eigenvalue weighted by Gasteiger charge is -2.25. The van der Waals surface area contributed by atoms with Crippen LogP contribution in [0, 0.1) is 5.92 Å². The minimum atomic E-state index is 0.451. The fourth-order valence-corrected chi connectivity index (χ4v) is 3.88. The number of pyridine rings is 1. The summed E-state index contributed by atoms with van der Waals surface area (Å²) in [4.78, 5) is 6.73. The largest absolute Gasteiger partial charge is 0.464 e. The number of fused-ring (bicyclic) bond motifs is 1. The molecule has 0 amide bonds. The number of nitrogens with zero attached hydrogens (tertiary/aromatic N) is 2. The summed E-state index contributed by atoms with van der Waals surface area (Å²) in [5, 5.41) is 4.84. The van der Waals surface area contributed by atoms with Crippen molar-refractivity contribution < 1.29 is 4.42 Å². The van der Waals surface area contributed by atoms with Gasteiger partial charge < -0.3 is 9.73 Å². The van der Waals surface area contributed by atoms with Crippen molar-refractivity contribution in [2.75, 3.05) is 20.1 Å². The van der Waals surface area contributed by atoms with E-state index < -0.39 is 0 Å². The van der Waals surface area contributed by atoms with Gasteiger partial charge in [-0.15, -0.1) is 0 Å². The van der Waals surface area contributed by atoms with Crippen LogP contribution in [-0.4, -0.2) is 30.0 Å². The Morgan fingerprint density at radius 3 is 3.04 bits per heavy atom. The van der Waals surface area contributed by atoms with Crippen molar-refractivity contribution in [3.05, 3.63) is 66.2 Å². The first-order valence-electron chi connectivity index (χ1n) is 8.59. The van der Waals surface area contributed by atoms with Gasteiger partial charge in [-0.25, -0.2) is 0 Å². The van der Waals surface area contributed by atoms with E-state index in [-0.39, 0.29) is 0 Å². The van der Waals surface area contributed by atoms with E-state index in [0.717, 1.165) is 25.2 Å². The van der Waals surface area contributed by atoms with Crippen molar-refractivity contribution in [1.82, 2.24) is 15.2 Å². The molecule has 0 aliphatic carbocycles. The Kier molecular flexibility index (Phi) is 4.32. The molecule has 1 fully saturated rings. The van der Waals surface area contributed by atoms with Gasteiger partial charge in [0.25, 0.3) is 0 Å². The van der Waals surface area contributed by atoms with Crippen molar-refractivity contribution >= 4 is 11.0 Å². The Labute approximate surface area is 142 Å². The summed E-state index contributed by atoms with van der Waals surface area (Å²) in [5.74, 6) is 0.609. The summed E-state index contributed by atoms with van der Waals surface area (Å²) in [6.45, 7) is 2.99. The van der Waals surface area contributed by atoms with Crippen LogP contribution in [0.25, 0.3) is 11.0 Å². The SMILES string of the molecule is CN1CC[C@@H](CNCc2coc3ccccc23)[C@@H]1c1cccnc1. The number of para-hydroxylation sites is 1. The van der Waals surface area contributed by atoms with Gasteiger partial charge >= 0.3 is 0 Å². The zero-order valence-corrected chi connectivity index (χ0v) is 14.0. The lowest BCUT2D eigenvalue weighted by molar-refractivity contribution is 0.271. The first kappa shape index (κ1) is 15.4. The summed E-state index contributed by atoms with van der Waals surface area (Å²) in [7, 11) is 2.21. The van der Waals surface area contributed by atoms with E-state index in [9.17, 15) is 0 Å². The van der Waals surface area contributed by atoms with Crippen LogP contribution in [0.2, 0.25) is 0 Å². The fourth-order valence-electron chi connectivity index (χ4n) is 3.88. The second-order valence-electron chi connectivity index (χ2n) is 6.65. The van der Waals surface area contributed by atoms with Crippen molar-refractivity contribution in [2.24, 2.45) is 5.92 Å². The molecule has 124 valence electrons. The van der Waals surface area contributed by atoms with Crippen LogP contribution in [-0.2, 0) is 6.54 Å². The smallest absolute Gasteiger partial charge is 0.134 e. The summed E-state index contributed by atoms with van der Waals surface area (Å²) in [6.07, 6.45) is 6.94. The number of likely N-dealkylation sites (tertiary alicyclic amines) is 1. The second-order valence-corrected chi connectivity index (χ2v) is 6.65. The van der Waals surface area contributed by atoms with Gasteiger partial charge in [0, 0.05) is 42.5 Å². The Morgan fingerprint density at radius 1 is 1.25 bits per heavy atom. The van der Waals surface area contributed by atoms with E-state index in [4.69, 9.17) is 4.42 Å². The molecular formula is C20H23N3O. The summed E-state index contributed by atoms with van der Waals surface area (Å²) in [6, 6.07) is 12.9. The van der Waals surface area contributed by atoms with Gasteiger partial charge in [0.1, 0.15) is 5.58 Å². The lowest BCUT2D eigenvalue weighted by atomic mass is 9.94. The third-order valence-electron chi connectivity index (χ3n) is 5.08. The number of benzene rings is 1. The first-order chi connectivity index (χ1) is 11.8. The maximum absolute atomic E-state index is 5.62. The van der Waals surface area contributed by atoms with E-state index >= 15 is 0 Å². The van der Waals surface area contributed by atoms with Crippen molar-refractivity contribution in [3.8, 4) is 0 Å². The normalized spacial score (nSPS) is 21.5. The van der Waals surface area contributed by atoms with E-state index in [1.807, 2.05) is 36.9 Å². The highest BCUT2D eigenvalue weighted by atomic mass is 16.3. The number of rotatable bonds is 5. The van der Waals surface area contributed by atoms with Crippen LogP contribution >= 0.6 is 0 Å². The lowest BCUT2D eigenvalue weighted by Crippen LogP contribution is -2.28. The summed E-state index contributed by atoms with van der Waals surface area (Å²) in [5.41, 5.74) is 3.51. The Morgan fingerprint density at radius 2 is 2.17 bits per heavy atom. The van der Waals surface area contributed by atoms with Crippen LogP contribution in [0.1, 0.15) is 23.6 Å². The Bertz CT molecular complexity index is 799. The maximum atomic E-state index is 5.62. The quantitative estimate of drug-likeness (QED) is 0.779. The summed E-state index contributed by atoms with van der Waals surface area (Å²) < 4.78 is 5.62. The summed E-state index contributed by atoms with van der Waals surface area (Å²) >= 11 is 0. The van der Waals surface area contributed by atoms with Crippen LogP contribution in [0.3, 0.4) is 0 Å². The average molecular weight is 321 g/mol. The van der Waals surface area contributed by atoms with Crippen LogP contribution in [0.4, 0.5) is 0 Å². The highest BCUT2D eigenvalue weighted by molar-refractivity contribution is 5.80. The Balaban J connectivity index is 1.42. The van der Waals surface area contributed by atoms with Gasteiger partial charge in [-0.05, 0) is 43.6 Å². The molecule has 0 unspecified atom stereocenters. The van der Waals surface area contributed by atoms with Crippen LogP contribution in [0.5, 0.6) is 0 Å². The first-order valence-corrected chi connectivity index (χ1v) is 8.59. The predicted octanol–water partition coefficient (Wildman–Crippen LogP) is 3.61. The fraction of sp³-hybridized carbons (Fsp3) is 0.350. The van der Waals surface area contributed by atoms with Crippen molar-refractivity contribution in [1.29, 1.82) is 0 Å². The third-order valence-corrected chi connectivity index (χ3v) is 5.08. The molecule has 2 aromatic heterocycles. The minimum Gasteiger partial charge on any atom is -0.464 e. The van der Waals surface area contributed by atoms with Gasteiger partial charge in [0.05, 0.1) is 6.26 Å². The minimum absolute atomic E-state index is 0.451. The molecule has 0 spiro atoms. The molecular weight excluding hydrogens is 298 g/mol.